The van der Waals surface area contributed by atoms with Crippen molar-refractivity contribution < 1.29 is 19.0 Å². The summed E-state index contributed by atoms with van der Waals surface area (Å²) in [7, 11) is 3.12. The maximum absolute atomic E-state index is 12.0. The second-order valence-corrected chi connectivity index (χ2v) is 6.35. The molecule has 5 nitrogen and oxygen atoms in total. The van der Waals surface area contributed by atoms with Gasteiger partial charge in [0.2, 0.25) is 5.90 Å². The Kier molecular flexibility index (Phi) is 4.49. The van der Waals surface area contributed by atoms with Gasteiger partial charge >= 0.3 is 5.97 Å². The molecule has 0 fully saturated rings. The van der Waals surface area contributed by atoms with Crippen LogP contribution in [0.1, 0.15) is 10.4 Å². The number of aliphatic imine (C=N–C) groups is 1. The fourth-order valence-electron chi connectivity index (χ4n) is 2.09. The number of benzene rings is 1. The quantitative estimate of drug-likeness (QED) is 0.584. The molecule has 0 aliphatic carbocycles. The molecule has 1 aromatic carbocycles. The normalized spacial score (nSPS) is 15.5. The summed E-state index contributed by atoms with van der Waals surface area (Å²) in [5, 5.41) is 1.90. The molecule has 1 aliphatic rings. The van der Waals surface area contributed by atoms with E-state index in [1.165, 1.54) is 11.3 Å². The minimum absolute atomic E-state index is 0.243. The number of hydrogen-bond acceptors (Lipinski definition) is 6. The highest BCUT2D eigenvalue weighted by molar-refractivity contribution is 9.10. The number of thiophene rings is 1. The van der Waals surface area contributed by atoms with Gasteiger partial charge in [-0.1, -0.05) is 6.07 Å². The Labute approximate surface area is 145 Å². The van der Waals surface area contributed by atoms with Gasteiger partial charge in [0.25, 0.3) is 0 Å². The first-order chi connectivity index (χ1) is 11.1. The Morgan fingerprint density at radius 1 is 1.30 bits per heavy atom. The van der Waals surface area contributed by atoms with Gasteiger partial charge in [0.15, 0.2) is 17.2 Å². The predicted molar refractivity (Wildman–Crippen MR) is 92.2 cm³/mol. The number of nitrogens with zero attached hydrogens (tertiary/aromatic N) is 1. The van der Waals surface area contributed by atoms with Crippen LogP contribution in [-0.2, 0) is 9.53 Å². The predicted octanol–water partition coefficient (Wildman–Crippen LogP) is 3.87. The topological polar surface area (TPSA) is 57.1 Å². The van der Waals surface area contributed by atoms with Gasteiger partial charge in [0, 0.05) is 0 Å². The van der Waals surface area contributed by atoms with Gasteiger partial charge in [-0.2, -0.15) is 0 Å². The minimum atomic E-state index is -0.473. The smallest absolute Gasteiger partial charge is 0.363 e. The number of esters is 1. The lowest BCUT2D eigenvalue weighted by Crippen LogP contribution is -2.03. The van der Waals surface area contributed by atoms with Crippen molar-refractivity contribution in [1.82, 2.24) is 0 Å². The van der Waals surface area contributed by atoms with Crippen molar-refractivity contribution in [2.75, 3.05) is 14.2 Å². The first-order valence-electron chi connectivity index (χ1n) is 6.60. The molecule has 0 spiro atoms. The molecule has 0 saturated carbocycles. The molecule has 0 radical (unpaired) electrons. The van der Waals surface area contributed by atoms with E-state index in [2.05, 4.69) is 20.9 Å². The standard InChI is InChI=1S/C16H12BrNO4S/c1-20-12-8-9(6-10(17)14(12)21-2)7-11-16(19)22-15(18-11)13-4-3-5-23-13/h3-8H,1-2H3. The van der Waals surface area contributed by atoms with Gasteiger partial charge in [0.05, 0.1) is 23.6 Å². The summed E-state index contributed by atoms with van der Waals surface area (Å²) < 4.78 is 16.5. The van der Waals surface area contributed by atoms with Crippen molar-refractivity contribution in [3.05, 3.63) is 50.3 Å². The molecule has 0 saturated heterocycles. The molecular weight excluding hydrogens is 382 g/mol. The van der Waals surface area contributed by atoms with Crippen molar-refractivity contribution in [2.24, 2.45) is 4.99 Å². The number of cyclic esters (lactones) is 1. The second-order valence-electron chi connectivity index (χ2n) is 4.55. The van der Waals surface area contributed by atoms with Crippen LogP contribution in [0.5, 0.6) is 11.5 Å². The van der Waals surface area contributed by atoms with E-state index in [1.54, 1.807) is 26.4 Å². The number of rotatable bonds is 4. The third kappa shape index (κ3) is 3.16. The zero-order valence-corrected chi connectivity index (χ0v) is 14.7. The highest BCUT2D eigenvalue weighted by Crippen LogP contribution is 2.37. The van der Waals surface area contributed by atoms with Crippen molar-refractivity contribution in [1.29, 1.82) is 0 Å². The lowest BCUT2D eigenvalue weighted by molar-refractivity contribution is -0.129. The van der Waals surface area contributed by atoms with Crippen LogP contribution in [0, 0.1) is 0 Å². The molecule has 1 aliphatic heterocycles. The molecule has 2 heterocycles. The molecule has 0 bridgehead atoms. The van der Waals surface area contributed by atoms with Crippen molar-refractivity contribution in [3.63, 3.8) is 0 Å². The largest absolute Gasteiger partial charge is 0.493 e. The van der Waals surface area contributed by atoms with Gasteiger partial charge < -0.3 is 14.2 Å². The average Bonchev–Trinajstić information content (AvgIpc) is 3.17. The number of carbonyl (C=O) groups is 1. The summed E-state index contributed by atoms with van der Waals surface area (Å²) in [5.41, 5.74) is 0.991. The third-order valence-electron chi connectivity index (χ3n) is 3.11. The van der Waals surface area contributed by atoms with Gasteiger partial charge in [-0.3, -0.25) is 0 Å². The van der Waals surface area contributed by atoms with Crippen LogP contribution in [0.4, 0.5) is 0 Å². The zero-order valence-electron chi connectivity index (χ0n) is 12.3. The minimum Gasteiger partial charge on any atom is -0.493 e. The van der Waals surface area contributed by atoms with E-state index in [4.69, 9.17) is 14.2 Å². The second kappa shape index (κ2) is 6.55. The summed E-state index contributed by atoms with van der Waals surface area (Å²) in [5.74, 6) is 1.00. The summed E-state index contributed by atoms with van der Waals surface area (Å²) in [6.45, 7) is 0. The lowest BCUT2D eigenvalue weighted by Gasteiger charge is -2.10. The maximum Gasteiger partial charge on any atom is 0.363 e. The van der Waals surface area contributed by atoms with Crippen LogP contribution in [0.3, 0.4) is 0 Å². The van der Waals surface area contributed by atoms with Crippen LogP contribution in [0.25, 0.3) is 6.08 Å². The Morgan fingerprint density at radius 2 is 2.13 bits per heavy atom. The SMILES string of the molecule is COc1cc(C=C2N=C(c3cccs3)OC2=O)cc(Br)c1OC. The molecular formula is C16H12BrNO4S. The van der Waals surface area contributed by atoms with E-state index in [1.807, 2.05) is 23.6 Å². The molecule has 0 atom stereocenters. The zero-order chi connectivity index (χ0) is 16.4. The third-order valence-corrected chi connectivity index (χ3v) is 4.56. The van der Waals surface area contributed by atoms with Crippen LogP contribution in [0.2, 0.25) is 0 Å². The number of hydrogen-bond donors (Lipinski definition) is 0. The fraction of sp³-hybridized carbons (Fsp3) is 0.125. The maximum atomic E-state index is 12.0. The van der Waals surface area contributed by atoms with Crippen LogP contribution >= 0.6 is 27.3 Å². The van der Waals surface area contributed by atoms with E-state index < -0.39 is 5.97 Å². The van der Waals surface area contributed by atoms with Gasteiger partial charge in [-0.05, 0) is 51.1 Å². The molecule has 0 N–H and O–H groups in total. The molecule has 118 valence electrons. The Morgan fingerprint density at radius 3 is 2.78 bits per heavy atom. The summed E-state index contributed by atoms with van der Waals surface area (Å²) in [6, 6.07) is 7.32. The molecule has 0 unspecified atom stereocenters. The Hall–Kier alpha value is -2.12. The fourth-order valence-corrected chi connectivity index (χ4v) is 3.36. The molecule has 2 aromatic rings. The van der Waals surface area contributed by atoms with Crippen molar-refractivity contribution >= 4 is 45.2 Å². The summed E-state index contributed by atoms with van der Waals surface area (Å²) in [6.07, 6.45) is 1.65. The van der Waals surface area contributed by atoms with E-state index in [0.29, 0.717) is 17.4 Å². The number of ether oxygens (including phenoxy) is 3. The summed E-state index contributed by atoms with van der Waals surface area (Å²) >= 11 is 4.89. The molecule has 3 rings (SSSR count). The number of halogens is 1. The highest BCUT2D eigenvalue weighted by Gasteiger charge is 2.25. The Balaban J connectivity index is 1.98. The van der Waals surface area contributed by atoms with E-state index >= 15 is 0 Å². The van der Waals surface area contributed by atoms with E-state index in [0.717, 1.165) is 14.9 Å². The van der Waals surface area contributed by atoms with Crippen molar-refractivity contribution in [3.8, 4) is 11.5 Å². The lowest BCUT2D eigenvalue weighted by atomic mass is 10.1. The number of carbonyl (C=O) groups excluding carboxylic acids is 1. The molecule has 0 amide bonds. The van der Waals surface area contributed by atoms with Crippen LogP contribution < -0.4 is 9.47 Å². The average molecular weight is 394 g/mol. The van der Waals surface area contributed by atoms with Crippen molar-refractivity contribution in [2.45, 2.75) is 0 Å². The first-order valence-corrected chi connectivity index (χ1v) is 8.27. The van der Waals surface area contributed by atoms with Crippen LogP contribution in [-0.4, -0.2) is 26.1 Å². The highest BCUT2D eigenvalue weighted by atomic mass is 79.9. The Bertz CT molecular complexity index is 812. The van der Waals surface area contributed by atoms with Gasteiger partial charge in [0.1, 0.15) is 0 Å². The van der Waals surface area contributed by atoms with E-state index in [-0.39, 0.29) is 5.70 Å². The monoisotopic (exact) mass is 393 g/mol. The van der Waals surface area contributed by atoms with Crippen LogP contribution in [0.15, 0.2) is 44.8 Å². The first kappa shape index (κ1) is 15.8. The number of methoxy groups -OCH3 is 2. The van der Waals surface area contributed by atoms with E-state index in [9.17, 15) is 4.79 Å². The molecule has 1 aromatic heterocycles. The summed E-state index contributed by atoms with van der Waals surface area (Å²) in [4.78, 5) is 17.1. The van der Waals surface area contributed by atoms with Gasteiger partial charge in [-0.25, -0.2) is 9.79 Å². The molecule has 7 heteroatoms. The van der Waals surface area contributed by atoms with Gasteiger partial charge in [-0.15, -0.1) is 11.3 Å². The molecule has 23 heavy (non-hydrogen) atoms.